The van der Waals surface area contributed by atoms with E-state index >= 15 is 0 Å². The van der Waals surface area contributed by atoms with E-state index in [9.17, 15) is 14.4 Å². The van der Waals surface area contributed by atoms with Crippen molar-refractivity contribution in [1.29, 1.82) is 0 Å². The Balaban J connectivity index is 0.00000400. The van der Waals surface area contributed by atoms with E-state index in [2.05, 4.69) is 0 Å². The van der Waals surface area contributed by atoms with Gasteiger partial charge in [-0.1, -0.05) is 30.3 Å². The number of aliphatic carboxylic acids is 3. The second-order valence-corrected chi connectivity index (χ2v) is 4.10. The summed E-state index contributed by atoms with van der Waals surface area (Å²) < 4.78 is 5.07. The molecule has 21 heavy (non-hydrogen) atoms. The first-order chi connectivity index (χ1) is 9.41. The molecule has 0 spiro atoms. The first-order valence-electron chi connectivity index (χ1n) is 5.74. The van der Waals surface area contributed by atoms with E-state index in [0.29, 0.717) is 5.56 Å². The number of hydrogen-bond donors (Lipinski definition) is 4. The Morgan fingerprint density at radius 3 is 2.00 bits per heavy atom. The molecule has 0 amide bonds. The van der Waals surface area contributed by atoms with Gasteiger partial charge in [-0.15, -0.1) is 0 Å². The van der Waals surface area contributed by atoms with E-state index in [4.69, 9.17) is 20.1 Å². The summed E-state index contributed by atoms with van der Waals surface area (Å²) in [4.78, 5) is 32.7. The molecule has 1 rings (SSSR count). The van der Waals surface area contributed by atoms with E-state index in [1.54, 1.807) is 30.3 Å². The largest absolute Gasteiger partial charge is 0.481 e. The van der Waals surface area contributed by atoms with Crippen molar-refractivity contribution in [3.05, 3.63) is 35.9 Å². The van der Waals surface area contributed by atoms with Crippen molar-refractivity contribution < 1.29 is 34.4 Å². The van der Waals surface area contributed by atoms with Gasteiger partial charge in [-0.3, -0.25) is 9.59 Å². The molecule has 0 aliphatic rings. The van der Waals surface area contributed by atoms with Crippen LogP contribution in [0.5, 0.6) is 0 Å². The molecule has 0 saturated heterocycles. The number of benzene rings is 1. The van der Waals surface area contributed by atoms with Crippen molar-refractivity contribution in [2.75, 3.05) is 0 Å². The number of carbonyl (C=O) groups is 3. The second-order valence-electron chi connectivity index (χ2n) is 4.10. The zero-order chi connectivity index (χ0) is 15.1. The van der Waals surface area contributed by atoms with Gasteiger partial charge in [-0.25, -0.2) is 4.79 Å². The minimum atomic E-state index is -1.72. The molecule has 0 radical (unpaired) electrons. The fraction of sp³-hybridized carbons (Fsp3) is 0.308. The summed E-state index contributed by atoms with van der Waals surface area (Å²) in [6, 6.07) is 8.58. The number of quaternary nitrogens is 1. The van der Waals surface area contributed by atoms with Crippen LogP contribution in [0.25, 0.3) is 0 Å². The number of hydrogen-bond acceptors (Lipinski definition) is 4. The smallest absolute Gasteiger partial charge is 0.333 e. The van der Waals surface area contributed by atoms with Crippen molar-refractivity contribution in [3.63, 3.8) is 0 Å². The van der Waals surface area contributed by atoms with Crippen molar-refractivity contribution in [1.82, 2.24) is 6.15 Å². The molecule has 0 bridgehead atoms. The number of ether oxygens (including phenoxy) is 1. The van der Waals surface area contributed by atoms with Crippen LogP contribution in [0.15, 0.2) is 30.3 Å². The second kappa shape index (κ2) is 8.67. The molecule has 8 heteroatoms. The lowest BCUT2D eigenvalue weighted by molar-refractivity contribution is -0.167. The zero-order valence-electron chi connectivity index (χ0n) is 11.4. The van der Waals surface area contributed by atoms with Crippen LogP contribution in [-0.2, 0) is 25.7 Å². The molecule has 0 fully saturated rings. The van der Waals surface area contributed by atoms with Crippen LogP contribution < -0.4 is 6.15 Å². The quantitative estimate of drug-likeness (QED) is 0.561. The number of carboxylic acid groups (broad SMARTS) is 3. The molecule has 1 aromatic rings. The molecule has 1 aromatic carbocycles. The normalized spacial score (nSPS) is 12.8. The Bertz CT molecular complexity index is 489. The Morgan fingerprint density at radius 1 is 1.00 bits per heavy atom. The van der Waals surface area contributed by atoms with Crippen LogP contribution in [0.1, 0.15) is 12.0 Å². The van der Waals surface area contributed by atoms with Gasteiger partial charge in [0.25, 0.3) is 0 Å². The van der Waals surface area contributed by atoms with Gasteiger partial charge in [0.2, 0.25) is 0 Å². The summed E-state index contributed by atoms with van der Waals surface area (Å²) in [5, 5.41) is 26.6. The van der Waals surface area contributed by atoms with Gasteiger partial charge in [0.1, 0.15) is 5.92 Å². The Kier molecular flexibility index (Phi) is 7.66. The molecule has 2 atom stereocenters. The summed E-state index contributed by atoms with van der Waals surface area (Å²) in [6.45, 7) is -0.110. The van der Waals surface area contributed by atoms with Crippen LogP contribution in [0.3, 0.4) is 0 Å². The fourth-order valence-corrected chi connectivity index (χ4v) is 1.63. The summed E-state index contributed by atoms with van der Waals surface area (Å²) in [5.41, 5.74) is 0.665. The van der Waals surface area contributed by atoms with Gasteiger partial charge in [-0.05, 0) is 5.56 Å². The van der Waals surface area contributed by atoms with E-state index in [1.807, 2.05) is 0 Å². The minimum absolute atomic E-state index is 0. The molecule has 7 N–H and O–H groups in total. The number of carboxylic acids is 3. The SMILES string of the molecule is O=C(O)CC(C(=O)O)C(OCc1ccccc1)C(=O)O.[NH4+]. The lowest BCUT2D eigenvalue weighted by atomic mass is 9.98. The average molecular weight is 300 g/mol. The fourth-order valence-electron chi connectivity index (χ4n) is 1.63. The van der Waals surface area contributed by atoms with Crippen molar-refractivity contribution in [2.24, 2.45) is 5.92 Å². The van der Waals surface area contributed by atoms with Crippen molar-refractivity contribution in [2.45, 2.75) is 19.1 Å². The minimum Gasteiger partial charge on any atom is -0.481 e. The monoisotopic (exact) mass is 300 g/mol. The molecule has 0 saturated carbocycles. The molecule has 0 aliphatic heterocycles. The van der Waals surface area contributed by atoms with Crippen molar-refractivity contribution in [3.8, 4) is 0 Å². The number of rotatable bonds is 8. The third-order valence-corrected chi connectivity index (χ3v) is 2.59. The highest BCUT2D eigenvalue weighted by Crippen LogP contribution is 2.16. The van der Waals surface area contributed by atoms with E-state index < -0.39 is 36.4 Å². The third-order valence-electron chi connectivity index (χ3n) is 2.59. The molecule has 2 unspecified atom stereocenters. The molecule has 0 aliphatic carbocycles. The van der Waals surface area contributed by atoms with Crippen LogP contribution in [0.4, 0.5) is 0 Å². The lowest BCUT2D eigenvalue weighted by Crippen LogP contribution is -2.38. The van der Waals surface area contributed by atoms with Gasteiger partial charge < -0.3 is 26.2 Å². The van der Waals surface area contributed by atoms with E-state index in [-0.39, 0.29) is 12.8 Å². The Hall–Kier alpha value is -2.45. The maximum Gasteiger partial charge on any atom is 0.333 e. The van der Waals surface area contributed by atoms with Gasteiger partial charge in [0.15, 0.2) is 6.10 Å². The zero-order valence-corrected chi connectivity index (χ0v) is 11.4. The highest BCUT2D eigenvalue weighted by molar-refractivity contribution is 5.85. The maximum absolute atomic E-state index is 11.1. The molecule has 8 nitrogen and oxygen atoms in total. The van der Waals surface area contributed by atoms with Crippen LogP contribution in [-0.4, -0.2) is 39.3 Å². The molecule has 0 aromatic heterocycles. The lowest BCUT2D eigenvalue weighted by Gasteiger charge is -2.19. The molecular formula is C13H18NO7+. The van der Waals surface area contributed by atoms with Crippen LogP contribution in [0.2, 0.25) is 0 Å². The average Bonchev–Trinajstić information content (AvgIpc) is 2.38. The first kappa shape index (κ1) is 18.6. The van der Waals surface area contributed by atoms with Gasteiger partial charge >= 0.3 is 17.9 Å². The van der Waals surface area contributed by atoms with Gasteiger partial charge in [0.05, 0.1) is 13.0 Å². The Labute approximate surface area is 120 Å². The predicted octanol–water partition coefficient (Wildman–Crippen LogP) is 1.21. The van der Waals surface area contributed by atoms with Crippen LogP contribution in [0, 0.1) is 5.92 Å². The van der Waals surface area contributed by atoms with Gasteiger partial charge in [0, 0.05) is 0 Å². The molecule has 116 valence electrons. The van der Waals surface area contributed by atoms with Crippen LogP contribution >= 0.6 is 0 Å². The molecular weight excluding hydrogens is 282 g/mol. The Morgan fingerprint density at radius 2 is 1.57 bits per heavy atom. The summed E-state index contributed by atoms with van der Waals surface area (Å²) in [5.74, 6) is -6.07. The summed E-state index contributed by atoms with van der Waals surface area (Å²) in [7, 11) is 0. The highest BCUT2D eigenvalue weighted by Gasteiger charge is 2.36. The van der Waals surface area contributed by atoms with E-state index in [1.165, 1.54) is 0 Å². The first-order valence-corrected chi connectivity index (χ1v) is 5.74. The van der Waals surface area contributed by atoms with E-state index in [0.717, 1.165) is 0 Å². The molecule has 0 heterocycles. The maximum atomic E-state index is 11.1. The third kappa shape index (κ3) is 6.02. The topological polar surface area (TPSA) is 158 Å². The standard InChI is InChI=1S/C13H14O7.H3N/c14-10(15)6-9(12(16)17)11(13(18)19)20-7-8-4-2-1-3-5-8;/h1-5,9,11H,6-7H2,(H,14,15)(H,16,17)(H,18,19);1H3/p+1. The summed E-state index contributed by atoms with van der Waals surface area (Å²) in [6.07, 6.45) is -2.54. The highest BCUT2D eigenvalue weighted by atomic mass is 16.5. The van der Waals surface area contributed by atoms with Gasteiger partial charge in [-0.2, -0.15) is 0 Å². The summed E-state index contributed by atoms with van der Waals surface area (Å²) >= 11 is 0. The predicted molar refractivity (Wildman–Crippen MR) is 72.0 cm³/mol. The van der Waals surface area contributed by atoms with Crippen molar-refractivity contribution >= 4 is 17.9 Å².